The van der Waals surface area contributed by atoms with E-state index in [1.54, 1.807) is 0 Å². The first kappa shape index (κ1) is 27.4. The Morgan fingerprint density at radius 1 is 0.500 bits per heavy atom. The molecule has 0 spiro atoms. The highest BCUT2D eigenvalue weighted by atomic mass is 15.0. The maximum absolute atomic E-state index is 10.0. The third-order valence-corrected chi connectivity index (χ3v) is 9.38. The van der Waals surface area contributed by atoms with Crippen molar-refractivity contribution in [3.63, 3.8) is 0 Å². The second-order valence-electron chi connectivity index (χ2n) is 12.0. The predicted octanol–water partition coefficient (Wildman–Crippen LogP) is 11.6. The van der Waals surface area contributed by atoms with Crippen molar-refractivity contribution >= 4 is 49.3 Å². The Balaban J connectivity index is 1.17. The summed E-state index contributed by atoms with van der Waals surface area (Å²) in [4.78, 5) is 3.78. The lowest BCUT2D eigenvalue weighted by Gasteiger charge is -2.15. The molecule has 0 unspecified atom stereocenters. The largest absolute Gasteiger partial charge is 0.310 e. The average molecular weight is 611 g/mol. The summed E-state index contributed by atoms with van der Waals surface area (Å²) in [5.74, 6) is 0. The van der Waals surface area contributed by atoms with E-state index in [1.807, 2.05) is 36.4 Å². The zero-order valence-electron chi connectivity index (χ0n) is 25.8. The SMILES string of the molecule is [C-]#[N+]c1ccc(-c2ccc(-c3cccc(-n4c5ccccc5c5cccc(C#N)c54)c3)cc2)c(-n2c3ccccc3c3ccccc32)c1. The van der Waals surface area contributed by atoms with Crippen molar-refractivity contribution in [2.45, 2.75) is 0 Å². The van der Waals surface area contributed by atoms with Crippen LogP contribution in [0.15, 0.2) is 158 Å². The molecule has 0 N–H and O–H groups in total. The molecule has 7 aromatic carbocycles. The lowest BCUT2D eigenvalue weighted by atomic mass is 9.98. The van der Waals surface area contributed by atoms with Gasteiger partial charge in [0, 0.05) is 38.5 Å². The van der Waals surface area contributed by atoms with Crippen molar-refractivity contribution in [1.82, 2.24) is 9.13 Å². The Hall–Kier alpha value is -6.88. The van der Waals surface area contributed by atoms with Crippen LogP contribution in [0.2, 0.25) is 0 Å². The summed E-state index contributed by atoms with van der Waals surface area (Å²) < 4.78 is 4.49. The van der Waals surface area contributed by atoms with E-state index in [0.717, 1.165) is 66.5 Å². The second-order valence-corrected chi connectivity index (χ2v) is 12.0. The lowest BCUT2D eigenvalue weighted by Crippen LogP contribution is -1.97. The van der Waals surface area contributed by atoms with Crippen molar-refractivity contribution in [2.75, 3.05) is 0 Å². The summed E-state index contributed by atoms with van der Waals surface area (Å²) in [6.45, 7) is 7.77. The van der Waals surface area contributed by atoms with Gasteiger partial charge in [0.1, 0.15) is 6.07 Å². The van der Waals surface area contributed by atoms with Gasteiger partial charge in [0.25, 0.3) is 0 Å². The third-order valence-electron chi connectivity index (χ3n) is 9.38. The minimum Gasteiger partial charge on any atom is -0.310 e. The Morgan fingerprint density at radius 2 is 1.08 bits per heavy atom. The van der Waals surface area contributed by atoms with Crippen molar-refractivity contribution in [1.29, 1.82) is 5.26 Å². The quantitative estimate of drug-likeness (QED) is 0.183. The number of hydrogen-bond donors (Lipinski definition) is 0. The molecule has 222 valence electrons. The van der Waals surface area contributed by atoms with Gasteiger partial charge in [-0.15, -0.1) is 0 Å². The minimum absolute atomic E-state index is 0.605. The van der Waals surface area contributed by atoms with Gasteiger partial charge in [-0.05, 0) is 59.2 Å². The van der Waals surface area contributed by atoms with Crippen molar-refractivity contribution in [3.05, 3.63) is 175 Å². The summed E-state index contributed by atoms with van der Waals surface area (Å²) in [5, 5.41) is 14.6. The molecule has 0 radical (unpaired) electrons. The zero-order valence-corrected chi connectivity index (χ0v) is 25.8. The molecule has 0 amide bonds. The monoisotopic (exact) mass is 610 g/mol. The topological polar surface area (TPSA) is 38.0 Å². The van der Waals surface area contributed by atoms with Crippen LogP contribution < -0.4 is 0 Å². The highest BCUT2D eigenvalue weighted by molar-refractivity contribution is 6.11. The summed E-state index contributed by atoms with van der Waals surface area (Å²) in [5.41, 5.74) is 11.8. The highest BCUT2D eigenvalue weighted by Gasteiger charge is 2.18. The number of nitriles is 1. The van der Waals surface area contributed by atoms with Crippen LogP contribution in [0.4, 0.5) is 5.69 Å². The maximum Gasteiger partial charge on any atom is 0.189 e. The zero-order chi connectivity index (χ0) is 32.2. The van der Waals surface area contributed by atoms with Crippen molar-refractivity contribution in [3.8, 4) is 39.7 Å². The first-order valence-electron chi connectivity index (χ1n) is 15.9. The Kier molecular flexibility index (Phi) is 6.22. The molecule has 0 atom stereocenters. The standard InChI is InChI=1S/C44H26N4/c1-46-33-24-25-35(43(27-33)48-41-18-6-2-13-36(41)37-14-3-7-19-42(37)48)30-22-20-29(21-23-30)31-10-8-12-34(26-31)47-40-17-5-4-15-38(40)39-16-9-11-32(28-45)44(39)47/h2-27H. The van der Waals surface area contributed by atoms with Gasteiger partial charge in [-0.3, -0.25) is 0 Å². The fourth-order valence-corrected chi connectivity index (χ4v) is 7.24. The van der Waals surface area contributed by atoms with Gasteiger partial charge >= 0.3 is 0 Å². The molecule has 0 aliphatic heterocycles. The van der Waals surface area contributed by atoms with Gasteiger partial charge in [0.05, 0.1) is 34.2 Å². The van der Waals surface area contributed by atoms with Crippen LogP contribution in [0.1, 0.15) is 5.56 Å². The van der Waals surface area contributed by atoms with Crippen LogP contribution in [-0.4, -0.2) is 9.13 Å². The first-order valence-corrected chi connectivity index (χ1v) is 15.9. The van der Waals surface area contributed by atoms with Crippen molar-refractivity contribution < 1.29 is 0 Å². The molecule has 9 rings (SSSR count). The summed E-state index contributed by atoms with van der Waals surface area (Å²) in [7, 11) is 0. The molecular weight excluding hydrogens is 585 g/mol. The fraction of sp³-hybridized carbons (Fsp3) is 0. The maximum atomic E-state index is 10.0. The van der Waals surface area contributed by atoms with Gasteiger partial charge in [-0.1, -0.05) is 115 Å². The number of para-hydroxylation sites is 4. The number of aromatic nitrogens is 2. The molecular formula is C44H26N4. The van der Waals surface area contributed by atoms with Crippen LogP contribution in [0.25, 0.3) is 82.1 Å². The molecule has 4 heteroatoms. The molecule has 48 heavy (non-hydrogen) atoms. The summed E-state index contributed by atoms with van der Waals surface area (Å²) in [6.07, 6.45) is 0. The van der Waals surface area contributed by atoms with Gasteiger partial charge in [0.15, 0.2) is 5.69 Å². The van der Waals surface area contributed by atoms with Crippen LogP contribution in [0, 0.1) is 17.9 Å². The van der Waals surface area contributed by atoms with Gasteiger partial charge in [-0.25, -0.2) is 4.85 Å². The molecule has 0 fully saturated rings. The van der Waals surface area contributed by atoms with E-state index in [-0.39, 0.29) is 0 Å². The molecule has 2 heterocycles. The third kappa shape index (κ3) is 4.14. The fourth-order valence-electron chi connectivity index (χ4n) is 7.24. The van der Waals surface area contributed by atoms with Crippen LogP contribution in [0.3, 0.4) is 0 Å². The van der Waals surface area contributed by atoms with Crippen LogP contribution >= 0.6 is 0 Å². The van der Waals surface area contributed by atoms with Crippen LogP contribution in [-0.2, 0) is 0 Å². The molecule has 9 aromatic rings. The number of fused-ring (bicyclic) bond motifs is 6. The van der Waals surface area contributed by atoms with E-state index >= 15 is 0 Å². The van der Waals surface area contributed by atoms with E-state index < -0.39 is 0 Å². The molecule has 0 saturated heterocycles. The second kappa shape index (κ2) is 10.9. The number of rotatable bonds is 4. The molecule has 0 bridgehead atoms. The predicted molar refractivity (Wildman–Crippen MR) is 197 cm³/mol. The van der Waals surface area contributed by atoms with Gasteiger partial charge in [0.2, 0.25) is 0 Å². The minimum atomic E-state index is 0.605. The number of hydrogen-bond acceptors (Lipinski definition) is 1. The molecule has 4 nitrogen and oxygen atoms in total. The molecule has 2 aromatic heterocycles. The van der Waals surface area contributed by atoms with E-state index in [2.05, 4.69) is 141 Å². The molecule has 0 aliphatic carbocycles. The van der Waals surface area contributed by atoms with Gasteiger partial charge < -0.3 is 9.13 Å². The molecule has 0 aliphatic rings. The Morgan fingerprint density at radius 3 is 1.75 bits per heavy atom. The summed E-state index contributed by atoms with van der Waals surface area (Å²) >= 11 is 0. The van der Waals surface area contributed by atoms with E-state index in [1.165, 1.54) is 10.8 Å². The first-order chi connectivity index (χ1) is 23.7. The van der Waals surface area contributed by atoms with E-state index in [4.69, 9.17) is 6.57 Å². The number of benzene rings is 7. The highest BCUT2D eigenvalue weighted by Crippen LogP contribution is 2.39. The Bertz CT molecular complexity index is 2750. The van der Waals surface area contributed by atoms with E-state index in [0.29, 0.717) is 11.3 Å². The van der Waals surface area contributed by atoms with E-state index in [9.17, 15) is 5.26 Å². The summed E-state index contributed by atoms with van der Waals surface area (Å²) in [6, 6.07) is 56.7. The van der Waals surface area contributed by atoms with Crippen molar-refractivity contribution in [2.24, 2.45) is 0 Å². The normalized spacial score (nSPS) is 11.3. The van der Waals surface area contributed by atoms with Gasteiger partial charge in [-0.2, -0.15) is 5.26 Å². The smallest absolute Gasteiger partial charge is 0.189 e. The Labute approximate surface area is 277 Å². The molecule has 0 saturated carbocycles. The average Bonchev–Trinajstić information content (AvgIpc) is 3.68. The van der Waals surface area contributed by atoms with Crippen LogP contribution in [0.5, 0.6) is 0 Å². The lowest BCUT2D eigenvalue weighted by molar-refractivity contribution is 1.18. The number of nitrogens with zero attached hydrogens (tertiary/aromatic N) is 4.